The van der Waals surface area contributed by atoms with Crippen LogP contribution in [0.1, 0.15) is 31.2 Å². The van der Waals surface area contributed by atoms with E-state index in [4.69, 9.17) is 0 Å². The van der Waals surface area contributed by atoms with Gasteiger partial charge in [0, 0.05) is 38.1 Å². The summed E-state index contributed by atoms with van der Waals surface area (Å²) < 4.78 is 1.86. The van der Waals surface area contributed by atoms with Gasteiger partial charge in [0.15, 0.2) is 0 Å². The van der Waals surface area contributed by atoms with Gasteiger partial charge in [-0.2, -0.15) is 5.10 Å². The molecule has 1 amide bonds. The Kier molecular flexibility index (Phi) is 7.54. The van der Waals surface area contributed by atoms with E-state index in [-0.39, 0.29) is 11.8 Å². The summed E-state index contributed by atoms with van der Waals surface area (Å²) >= 11 is 0. The summed E-state index contributed by atoms with van der Waals surface area (Å²) in [6, 6.07) is 13.3. The fourth-order valence-corrected chi connectivity index (χ4v) is 4.86. The van der Waals surface area contributed by atoms with E-state index in [2.05, 4.69) is 50.5 Å². The van der Waals surface area contributed by atoms with Crippen molar-refractivity contribution in [2.24, 2.45) is 5.92 Å². The third kappa shape index (κ3) is 5.92. The third-order valence-corrected chi connectivity index (χ3v) is 6.66. The van der Waals surface area contributed by atoms with Gasteiger partial charge in [-0.15, -0.1) is 0 Å². The first kappa shape index (κ1) is 21.1. The standard InChI is InChI=1S/C24H35N5O/c30-24(25-13-19-29-15-5-12-26-29)22-8-4-14-28(20-22)23-10-17-27(18-11-23)16-9-21-6-2-1-3-7-21/h1-3,5-7,12,15,22-23H,4,8-11,13-14,16-20H2,(H,25,30)/t22-/m0/s1. The number of rotatable bonds is 8. The van der Waals surface area contributed by atoms with Crippen LogP contribution in [0.25, 0.3) is 0 Å². The monoisotopic (exact) mass is 409 g/mol. The van der Waals surface area contributed by atoms with Crippen LogP contribution >= 0.6 is 0 Å². The summed E-state index contributed by atoms with van der Waals surface area (Å²) in [6.45, 7) is 6.95. The molecule has 162 valence electrons. The second-order valence-electron chi connectivity index (χ2n) is 8.70. The highest BCUT2D eigenvalue weighted by Crippen LogP contribution is 2.24. The molecule has 0 saturated carbocycles. The van der Waals surface area contributed by atoms with Crippen LogP contribution in [0.5, 0.6) is 0 Å². The molecule has 0 bridgehead atoms. The number of aromatic nitrogens is 2. The molecule has 1 aromatic carbocycles. The van der Waals surface area contributed by atoms with Crippen LogP contribution in [0.4, 0.5) is 0 Å². The molecule has 2 aliphatic heterocycles. The molecule has 1 atom stereocenters. The van der Waals surface area contributed by atoms with E-state index in [1.807, 2.05) is 16.9 Å². The third-order valence-electron chi connectivity index (χ3n) is 6.66. The summed E-state index contributed by atoms with van der Waals surface area (Å²) in [5, 5.41) is 7.31. The highest BCUT2D eigenvalue weighted by molar-refractivity contribution is 5.78. The van der Waals surface area contributed by atoms with Gasteiger partial charge in [-0.25, -0.2) is 0 Å². The molecule has 2 aromatic rings. The highest BCUT2D eigenvalue weighted by Gasteiger charge is 2.31. The Balaban J connectivity index is 1.17. The van der Waals surface area contributed by atoms with E-state index in [9.17, 15) is 4.79 Å². The zero-order valence-electron chi connectivity index (χ0n) is 18.0. The maximum atomic E-state index is 12.7. The Morgan fingerprint density at radius 3 is 2.63 bits per heavy atom. The van der Waals surface area contributed by atoms with E-state index < -0.39 is 0 Å². The Hall–Kier alpha value is -2.18. The molecule has 4 rings (SSSR count). The fourth-order valence-electron chi connectivity index (χ4n) is 4.86. The van der Waals surface area contributed by atoms with E-state index in [0.29, 0.717) is 12.6 Å². The first-order chi connectivity index (χ1) is 14.8. The minimum absolute atomic E-state index is 0.132. The van der Waals surface area contributed by atoms with Crippen molar-refractivity contribution in [3.63, 3.8) is 0 Å². The van der Waals surface area contributed by atoms with Gasteiger partial charge < -0.3 is 10.2 Å². The molecule has 2 saturated heterocycles. The number of carbonyl (C=O) groups is 1. The maximum absolute atomic E-state index is 12.7. The summed E-state index contributed by atoms with van der Waals surface area (Å²) in [4.78, 5) is 17.8. The number of carbonyl (C=O) groups excluding carboxylic acids is 1. The molecular weight excluding hydrogens is 374 g/mol. The van der Waals surface area contributed by atoms with Gasteiger partial charge in [0.1, 0.15) is 0 Å². The zero-order valence-corrected chi connectivity index (χ0v) is 18.0. The van der Waals surface area contributed by atoms with Gasteiger partial charge in [-0.1, -0.05) is 30.3 Å². The van der Waals surface area contributed by atoms with Crippen molar-refractivity contribution in [1.29, 1.82) is 0 Å². The number of nitrogens with one attached hydrogen (secondary N) is 1. The minimum atomic E-state index is 0.132. The topological polar surface area (TPSA) is 53.4 Å². The Morgan fingerprint density at radius 1 is 1.03 bits per heavy atom. The van der Waals surface area contributed by atoms with E-state index >= 15 is 0 Å². The normalized spacial score (nSPS) is 21.5. The van der Waals surface area contributed by atoms with Gasteiger partial charge in [-0.3, -0.25) is 14.4 Å². The van der Waals surface area contributed by atoms with E-state index in [1.165, 1.54) is 31.5 Å². The van der Waals surface area contributed by atoms with Gasteiger partial charge in [0.25, 0.3) is 0 Å². The molecule has 30 heavy (non-hydrogen) atoms. The number of hydrogen-bond donors (Lipinski definition) is 1. The summed E-state index contributed by atoms with van der Waals surface area (Å²) in [6.07, 6.45) is 9.43. The summed E-state index contributed by atoms with van der Waals surface area (Å²) in [5.41, 5.74) is 1.43. The lowest BCUT2D eigenvalue weighted by Crippen LogP contribution is -2.51. The largest absolute Gasteiger partial charge is 0.354 e. The van der Waals surface area contributed by atoms with Crippen molar-refractivity contribution >= 4 is 5.91 Å². The van der Waals surface area contributed by atoms with Crippen LogP contribution in [-0.4, -0.2) is 70.8 Å². The van der Waals surface area contributed by atoms with Crippen molar-refractivity contribution in [2.75, 3.05) is 39.3 Å². The van der Waals surface area contributed by atoms with Gasteiger partial charge in [-0.05, 0) is 63.4 Å². The number of nitrogens with zero attached hydrogens (tertiary/aromatic N) is 4. The molecule has 0 radical (unpaired) electrons. The second kappa shape index (κ2) is 10.7. The number of amides is 1. The first-order valence-electron chi connectivity index (χ1n) is 11.5. The van der Waals surface area contributed by atoms with Crippen LogP contribution in [-0.2, 0) is 17.8 Å². The van der Waals surface area contributed by atoms with Gasteiger partial charge >= 0.3 is 0 Å². The van der Waals surface area contributed by atoms with Gasteiger partial charge in [0.2, 0.25) is 5.91 Å². The number of benzene rings is 1. The van der Waals surface area contributed by atoms with Crippen molar-refractivity contribution < 1.29 is 4.79 Å². The smallest absolute Gasteiger partial charge is 0.224 e. The molecule has 3 heterocycles. The van der Waals surface area contributed by atoms with Crippen LogP contribution in [0, 0.1) is 5.92 Å². The Labute approximate surface area is 180 Å². The summed E-state index contributed by atoms with van der Waals surface area (Å²) in [7, 11) is 0. The quantitative estimate of drug-likeness (QED) is 0.728. The van der Waals surface area contributed by atoms with Crippen molar-refractivity contribution in [1.82, 2.24) is 24.9 Å². The number of likely N-dealkylation sites (tertiary alicyclic amines) is 2. The second-order valence-corrected chi connectivity index (χ2v) is 8.70. The molecule has 1 N–H and O–H groups in total. The van der Waals surface area contributed by atoms with Crippen LogP contribution in [0.15, 0.2) is 48.8 Å². The molecule has 6 nitrogen and oxygen atoms in total. The van der Waals surface area contributed by atoms with Crippen molar-refractivity contribution in [3.8, 4) is 0 Å². The molecular formula is C24H35N5O. The Morgan fingerprint density at radius 2 is 1.87 bits per heavy atom. The van der Waals surface area contributed by atoms with Crippen molar-refractivity contribution in [2.45, 2.75) is 44.7 Å². The fraction of sp³-hybridized carbons (Fsp3) is 0.583. The first-order valence-corrected chi connectivity index (χ1v) is 11.5. The molecule has 0 aliphatic carbocycles. The summed E-state index contributed by atoms with van der Waals surface area (Å²) in [5.74, 6) is 0.347. The average Bonchev–Trinajstić information content (AvgIpc) is 3.32. The number of piperidine rings is 2. The molecule has 0 spiro atoms. The maximum Gasteiger partial charge on any atom is 0.224 e. The molecule has 2 aliphatic rings. The lowest BCUT2D eigenvalue weighted by molar-refractivity contribution is -0.127. The van der Waals surface area contributed by atoms with Crippen LogP contribution in [0.2, 0.25) is 0 Å². The average molecular weight is 410 g/mol. The SMILES string of the molecule is O=C(NCCn1cccn1)[C@H]1CCCN(C2CCN(CCc3ccccc3)CC2)C1. The lowest BCUT2D eigenvalue weighted by atomic mass is 9.93. The zero-order chi connectivity index (χ0) is 20.6. The van der Waals surface area contributed by atoms with E-state index in [1.54, 1.807) is 6.20 Å². The minimum Gasteiger partial charge on any atom is -0.354 e. The van der Waals surface area contributed by atoms with Crippen molar-refractivity contribution in [3.05, 3.63) is 54.4 Å². The molecule has 0 unspecified atom stereocenters. The van der Waals surface area contributed by atoms with Crippen LogP contribution < -0.4 is 5.32 Å². The van der Waals surface area contributed by atoms with Crippen LogP contribution in [0.3, 0.4) is 0 Å². The lowest BCUT2D eigenvalue weighted by Gasteiger charge is -2.42. The van der Waals surface area contributed by atoms with E-state index in [0.717, 1.165) is 45.4 Å². The predicted molar refractivity (Wildman–Crippen MR) is 119 cm³/mol. The molecule has 1 aromatic heterocycles. The number of hydrogen-bond acceptors (Lipinski definition) is 4. The highest BCUT2D eigenvalue weighted by atomic mass is 16.1. The van der Waals surface area contributed by atoms with Gasteiger partial charge in [0.05, 0.1) is 12.5 Å². The Bertz CT molecular complexity index is 755. The predicted octanol–water partition coefficient (Wildman–Crippen LogP) is 2.42. The molecule has 6 heteroatoms. The molecule has 2 fully saturated rings.